The summed E-state index contributed by atoms with van der Waals surface area (Å²) >= 11 is 0. The van der Waals surface area contributed by atoms with Crippen molar-refractivity contribution in [3.05, 3.63) is 78.6 Å². The molecule has 1 N–H and O–H groups in total. The predicted molar refractivity (Wildman–Crippen MR) is 101 cm³/mol. The van der Waals surface area contributed by atoms with E-state index in [1.807, 2.05) is 12.1 Å². The standard InChI is InChI=1S/C20H15FN2O3S/c21-14-9-11-15(12-10-14)22-20(24)13-23-18-7-3-1-5-16(18)17-6-2-4-8-19(17)27(23,25)26/h1-12H,13H2,(H,22,24). The minimum atomic E-state index is -3.88. The van der Waals surface area contributed by atoms with Crippen LogP contribution in [-0.2, 0) is 14.8 Å². The fourth-order valence-electron chi connectivity index (χ4n) is 3.12. The van der Waals surface area contributed by atoms with Gasteiger partial charge in [0.25, 0.3) is 10.0 Å². The monoisotopic (exact) mass is 382 g/mol. The van der Waals surface area contributed by atoms with Crippen LogP contribution in [0.2, 0.25) is 0 Å². The topological polar surface area (TPSA) is 66.5 Å². The van der Waals surface area contributed by atoms with Gasteiger partial charge in [0.2, 0.25) is 5.91 Å². The molecular formula is C20H15FN2O3S. The Bertz CT molecular complexity index is 1130. The molecule has 3 aromatic rings. The van der Waals surface area contributed by atoms with Crippen molar-refractivity contribution in [1.82, 2.24) is 0 Å². The zero-order valence-corrected chi connectivity index (χ0v) is 14.9. The summed E-state index contributed by atoms with van der Waals surface area (Å²) in [5.41, 5.74) is 2.20. The zero-order chi connectivity index (χ0) is 19.0. The highest BCUT2D eigenvalue weighted by Gasteiger charge is 2.35. The van der Waals surface area contributed by atoms with Crippen molar-refractivity contribution in [2.45, 2.75) is 4.90 Å². The summed E-state index contributed by atoms with van der Waals surface area (Å²) in [5.74, 6) is -0.934. The van der Waals surface area contributed by atoms with E-state index in [4.69, 9.17) is 0 Å². The maximum Gasteiger partial charge on any atom is 0.265 e. The molecule has 1 aliphatic heterocycles. The number of fused-ring (bicyclic) bond motifs is 3. The molecule has 5 nitrogen and oxygen atoms in total. The Morgan fingerprint density at radius 1 is 0.889 bits per heavy atom. The molecule has 1 heterocycles. The minimum Gasteiger partial charge on any atom is -0.325 e. The van der Waals surface area contributed by atoms with Crippen LogP contribution in [0, 0.1) is 5.82 Å². The van der Waals surface area contributed by atoms with Gasteiger partial charge in [-0.15, -0.1) is 0 Å². The molecule has 0 unspecified atom stereocenters. The van der Waals surface area contributed by atoms with Crippen LogP contribution in [0.3, 0.4) is 0 Å². The predicted octanol–water partition coefficient (Wildman–Crippen LogP) is 3.64. The molecule has 0 spiro atoms. The lowest BCUT2D eigenvalue weighted by molar-refractivity contribution is -0.114. The van der Waals surface area contributed by atoms with Gasteiger partial charge >= 0.3 is 0 Å². The minimum absolute atomic E-state index is 0.165. The van der Waals surface area contributed by atoms with E-state index in [0.29, 0.717) is 16.9 Å². The molecule has 136 valence electrons. The average molecular weight is 382 g/mol. The number of nitrogens with one attached hydrogen (secondary N) is 1. The molecule has 0 saturated carbocycles. The highest BCUT2D eigenvalue weighted by molar-refractivity contribution is 7.93. The molecule has 3 aromatic carbocycles. The maximum absolute atomic E-state index is 13.1. The van der Waals surface area contributed by atoms with Gasteiger partial charge in [0.1, 0.15) is 12.4 Å². The third-order valence-electron chi connectivity index (χ3n) is 4.33. The molecule has 4 rings (SSSR count). The van der Waals surface area contributed by atoms with Crippen molar-refractivity contribution in [2.75, 3.05) is 16.2 Å². The third-order valence-corrected chi connectivity index (χ3v) is 6.15. The molecule has 27 heavy (non-hydrogen) atoms. The summed E-state index contributed by atoms with van der Waals surface area (Å²) in [7, 11) is -3.88. The number of hydrogen-bond donors (Lipinski definition) is 1. The van der Waals surface area contributed by atoms with Crippen molar-refractivity contribution in [3.8, 4) is 11.1 Å². The lowest BCUT2D eigenvalue weighted by Crippen LogP contribution is -2.40. The molecule has 0 aliphatic carbocycles. The van der Waals surface area contributed by atoms with Gasteiger partial charge in [-0.1, -0.05) is 36.4 Å². The van der Waals surface area contributed by atoms with Crippen molar-refractivity contribution >= 4 is 27.3 Å². The Labute approximate surface area is 156 Å². The van der Waals surface area contributed by atoms with Crippen LogP contribution in [-0.4, -0.2) is 20.9 Å². The van der Waals surface area contributed by atoms with Crippen LogP contribution < -0.4 is 9.62 Å². The third kappa shape index (κ3) is 3.06. The first-order valence-corrected chi connectivity index (χ1v) is 9.67. The van der Waals surface area contributed by atoms with Gasteiger partial charge in [-0.05, 0) is 36.4 Å². The Balaban J connectivity index is 1.70. The Kier molecular flexibility index (Phi) is 4.16. The molecule has 1 amide bonds. The van der Waals surface area contributed by atoms with Gasteiger partial charge < -0.3 is 5.32 Å². The fourth-order valence-corrected chi connectivity index (χ4v) is 4.76. The van der Waals surface area contributed by atoms with Crippen LogP contribution >= 0.6 is 0 Å². The number of para-hydroxylation sites is 1. The average Bonchev–Trinajstić information content (AvgIpc) is 2.67. The second kappa shape index (κ2) is 6.51. The van der Waals surface area contributed by atoms with Crippen LogP contribution in [0.5, 0.6) is 0 Å². The fraction of sp³-hybridized carbons (Fsp3) is 0.0500. The number of sulfonamides is 1. The number of rotatable bonds is 3. The molecule has 1 aliphatic rings. The maximum atomic E-state index is 13.1. The number of carbonyl (C=O) groups is 1. The van der Waals surface area contributed by atoms with Crippen LogP contribution in [0.4, 0.5) is 15.8 Å². The quantitative estimate of drug-likeness (QED) is 0.752. The van der Waals surface area contributed by atoms with Gasteiger partial charge in [0.05, 0.1) is 10.6 Å². The molecule has 0 radical (unpaired) electrons. The Morgan fingerprint density at radius 3 is 2.26 bits per heavy atom. The SMILES string of the molecule is O=C(CN1c2ccccc2-c2ccccc2S1(=O)=O)Nc1ccc(F)cc1. The van der Waals surface area contributed by atoms with E-state index in [1.165, 1.54) is 30.3 Å². The molecular weight excluding hydrogens is 367 g/mol. The molecule has 0 fully saturated rings. The number of halogens is 1. The lowest BCUT2D eigenvalue weighted by Gasteiger charge is -2.31. The van der Waals surface area contributed by atoms with Crippen molar-refractivity contribution < 1.29 is 17.6 Å². The second-order valence-corrected chi connectivity index (χ2v) is 7.91. The summed E-state index contributed by atoms with van der Waals surface area (Å²) < 4.78 is 40.3. The van der Waals surface area contributed by atoms with Gasteiger partial charge in [-0.25, -0.2) is 12.8 Å². The van der Waals surface area contributed by atoms with Gasteiger partial charge in [-0.2, -0.15) is 0 Å². The lowest BCUT2D eigenvalue weighted by atomic mass is 10.0. The van der Waals surface area contributed by atoms with E-state index in [1.54, 1.807) is 30.3 Å². The highest BCUT2D eigenvalue weighted by atomic mass is 32.2. The van der Waals surface area contributed by atoms with Gasteiger partial charge in [0.15, 0.2) is 0 Å². The number of amides is 1. The smallest absolute Gasteiger partial charge is 0.265 e. The summed E-state index contributed by atoms with van der Waals surface area (Å²) in [6.07, 6.45) is 0. The van der Waals surface area contributed by atoms with E-state index in [-0.39, 0.29) is 11.4 Å². The first-order chi connectivity index (χ1) is 13.0. The molecule has 7 heteroatoms. The van der Waals surface area contributed by atoms with E-state index in [2.05, 4.69) is 5.32 Å². The van der Waals surface area contributed by atoms with E-state index in [9.17, 15) is 17.6 Å². The number of benzene rings is 3. The molecule has 0 atom stereocenters. The van der Waals surface area contributed by atoms with Gasteiger partial charge in [0, 0.05) is 16.8 Å². The zero-order valence-electron chi connectivity index (χ0n) is 14.1. The highest BCUT2D eigenvalue weighted by Crippen LogP contribution is 2.42. The first-order valence-electron chi connectivity index (χ1n) is 8.23. The summed E-state index contributed by atoms with van der Waals surface area (Å²) in [4.78, 5) is 12.6. The normalized spacial score (nSPS) is 14.2. The van der Waals surface area contributed by atoms with E-state index < -0.39 is 21.7 Å². The number of nitrogens with zero attached hydrogens (tertiary/aromatic N) is 1. The largest absolute Gasteiger partial charge is 0.325 e. The molecule has 0 saturated heterocycles. The second-order valence-electron chi connectivity index (χ2n) is 6.08. The summed E-state index contributed by atoms with van der Waals surface area (Å²) in [6, 6.07) is 19.1. The van der Waals surface area contributed by atoms with Crippen molar-refractivity contribution in [3.63, 3.8) is 0 Å². The number of carbonyl (C=O) groups excluding carboxylic acids is 1. The summed E-state index contributed by atoms with van der Waals surface area (Å²) in [6.45, 7) is -0.384. The number of anilines is 2. The van der Waals surface area contributed by atoms with Gasteiger partial charge in [-0.3, -0.25) is 9.10 Å². The Morgan fingerprint density at radius 2 is 1.52 bits per heavy atom. The van der Waals surface area contributed by atoms with Crippen LogP contribution in [0.25, 0.3) is 11.1 Å². The molecule has 0 aromatic heterocycles. The van der Waals surface area contributed by atoms with Crippen LogP contribution in [0.15, 0.2) is 77.7 Å². The number of hydrogen-bond acceptors (Lipinski definition) is 3. The van der Waals surface area contributed by atoms with Crippen molar-refractivity contribution in [2.24, 2.45) is 0 Å². The van der Waals surface area contributed by atoms with Crippen LogP contribution in [0.1, 0.15) is 0 Å². The Hall–Kier alpha value is -3.19. The first kappa shape index (κ1) is 17.2. The van der Waals surface area contributed by atoms with Crippen molar-refractivity contribution in [1.29, 1.82) is 0 Å². The van der Waals surface area contributed by atoms with E-state index in [0.717, 1.165) is 9.87 Å². The molecule has 0 bridgehead atoms. The summed E-state index contributed by atoms with van der Waals surface area (Å²) in [5, 5.41) is 2.60. The van der Waals surface area contributed by atoms with E-state index >= 15 is 0 Å².